The summed E-state index contributed by atoms with van der Waals surface area (Å²) in [6.07, 6.45) is 3.46. The van der Waals surface area contributed by atoms with E-state index in [0.717, 1.165) is 25.4 Å². The van der Waals surface area contributed by atoms with E-state index in [1.54, 1.807) is 0 Å². The van der Waals surface area contributed by atoms with Crippen LogP contribution in [0.15, 0.2) is 0 Å². The Bertz CT molecular complexity index is 180. The molecular weight excluding hydrogens is 227 g/mol. The fourth-order valence-corrected chi connectivity index (χ4v) is 3.69. The van der Waals surface area contributed by atoms with Crippen LogP contribution in [-0.4, -0.2) is 28.5 Å². The summed E-state index contributed by atoms with van der Waals surface area (Å²) in [7, 11) is 0. The number of hydrogen-bond donors (Lipinski definition) is 0. The zero-order valence-corrected chi connectivity index (χ0v) is 9.80. The van der Waals surface area contributed by atoms with Gasteiger partial charge >= 0.3 is 0 Å². The summed E-state index contributed by atoms with van der Waals surface area (Å²) in [6, 6.07) is 0. The molecule has 0 amide bonds. The molecule has 4 heteroatoms. The molecule has 2 fully saturated rings. The Morgan fingerprint density at radius 3 is 2.77 bits per heavy atom. The number of halogens is 2. The molecule has 13 heavy (non-hydrogen) atoms. The minimum absolute atomic E-state index is 0.400. The maximum atomic E-state index is 5.95. The van der Waals surface area contributed by atoms with E-state index < -0.39 is 4.33 Å². The lowest BCUT2D eigenvalue weighted by atomic mass is 10.2. The van der Waals surface area contributed by atoms with Crippen molar-refractivity contribution in [3.63, 3.8) is 0 Å². The van der Waals surface area contributed by atoms with Crippen molar-refractivity contribution >= 4 is 35.0 Å². The number of thioether (sulfide) groups is 1. The van der Waals surface area contributed by atoms with Crippen molar-refractivity contribution in [1.29, 1.82) is 0 Å². The lowest BCUT2D eigenvalue weighted by Crippen LogP contribution is -2.20. The van der Waals surface area contributed by atoms with Crippen LogP contribution < -0.4 is 0 Å². The van der Waals surface area contributed by atoms with Crippen LogP contribution in [0.4, 0.5) is 0 Å². The zero-order chi connectivity index (χ0) is 9.31. The van der Waals surface area contributed by atoms with Crippen molar-refractivity contribution < 1.29 is 4.74 Å². The Kier molecular flexibility index (Phi) is 3.34. The zero-order valence-electron chi connectivity index (χ0n) is 7.47. The number of rotatable bonds is 3. The molecule has 1 aliphatic carbocycles. The highest BCUT2D eigenvalue weighted by Gasteiger charge is 2.51. The van der Waals surface area contributed by atoms with Crippen molar-refractivity contribution in [2.45, 2.75) is 28.8 Å². The molecule has 0 radical (unpaired) electrons. The van der Waals surface area contributed by atoms with E-state index in [2.05, 4.69) is 0 Å². The maximum Gasteiger partial charge on any atom is 0.122 e. The summed E-state index contributed by atoms with van der Waals surface area (Å²) < 4.78 is 5.00. The molecule has 2 aliphatic rings. The molecule has 1 saturated heterocycles. The van der Waals surface area contributed by atoms with E-state index >= 15 is 0 Å². The van der Waals surface area contributed by atoms with Crippen molar-refractivity contribution in [2.75, 3.05) is 19.0 Å². The van der Waals surface area contributed by atoms with Gasteiger partial charge in [0.15, 0.2) is 0 Å². The Morgan fingerprint density at radius 2 is 2.23 bits per heavy atom. The molecule has 0 bridgehead atoms. The molecule has 1 heterocycles. The van der Waals surface area contributed by atoms with E-state index in [1.807, 2.05) is 11.8 Å². The summed E-state index contributed by atoms with van der Waals surface area (Å²) in [6.45, 7) is 1.85. The monoisotopic (exact) mass is 240 g/mol. The quantitative estimate of drug-likeness (QED) is 0.702. The third kappa shape index (κ3) is 2.92. The highest BCUT2D eigenvalue weighted by Crippen LogP contribution is 2.54. The maximum absolute atomic E-state index is 5.95. The fraction of sp³-hybridized carbons (Fsp3) is 1.00. The number of ether oxygens (including phenoxy) is 1. The molecule has 0 aromatic heterocycles. The van der Waals surface area contributed by atoms with E-state index in [9.17, 15) is 0 Å². The molecular formula is C9H14Cl2OS. The lowest BCUT2D eigenvalue weighted by molar-refractivity contribution is 0.101. The van der Waals surface area contributed by atoms with Gasteiger partial charge in [-0.05, 0) is 25.0 Å². The van der Waals surface area contributed by atoms with Crippen LogP contribution in [0.1, 0.15) is 19.3 Å². The Morgan fingerprint density at radius 1 is 1.46 bits per heavy atom. The highest BCUT2D eigenvalue weighted by molar-refractivity contribution is 7.99. The second kappa shape index (κ2) is 4.18. The van der Waals surface area contributed by atoms with Crippen LogP contribution in [-0.2, 0) is 4.74 Å². The topological polar surface area (TPSA) is 9.23 Å². The van der Waals surface area contributed by atoms with Gasteiger partial charge in [0.1, 0.15) is 4.33 Å². The van der Waals surface area contributed by atoms with E-state index in [1.165, 1.54) is 12.8 Å². The first-order chi connectivity index (χ1) is 6.18. The van der Waals surface area contributed by atoms with Crippen LogP contribution >= 0.6 is 35.0 Å². The smallest absolute Gasteiger partial charge is 0.122 e. The van der Waals surface area contributed by atoms with Crippen molar-refractivity contribution in [3.05, 3.63) is 0 Å². The molecule has 1 aliphatic heterocycles. The van der Waals surface area contributed by atoms with E-state index in [4.69, 9.17) is 27.9 Å². The predicted octanol–water partition coefficient (Wildman–Crippen LogP) is 3.09. The van der Waals surface area contributed by atoms with Gasteiger partial charge in [0.2, 0.25) is 0 Å². The first-order valence-corrected chi connectivity index (χ1v) is 6.56. The van der Waals surface area contributed by atoms with Gasteiger partial charge in [-0.15, -0.1) is 23.2 Å². The Balaban J connectivity index is 1.62. The van der Waals surface area contributed by atoms with Gasteiger partial charge in [0.05, 0.1) is 6.61 Å². The van der Waals surface area contributed by atoms with Crippen LogP contribution in [0.2, 0.25) is 0 Å². The second-order valence-electron chi connectivity index (χ2n) is 3.83. The molecule has 76 valence electrons. The van der Waals surface area contributed by atoms with Crippen molar-refractivity contribution in [2.24, 2.45) is 5.92 Å². The summed E-state index contributed by atoms with van der Waals surface area (Å²) in [5.41, 5.74) is 0. The molecule has 2 unspecified atom stereocenters. The first kappa shape index (κ1) is 10.4. The molecule has 1 nitrogen and oxygen atoms in total. The van der Waals surface area contributed by atoms with Crippen LogP contribution in [0, 0.1) is 5.92 Å². The first-order valence-electron chi connectivity index (χ1n) is 4.75. The summed E-state index contributed by atoms with van der Waals surface area (Å²) in [5, 5.41) is 0.679. The minimum atomic E-state index is -0.400. The van der Waals surface area contributed by atoms with Gasteiger partial charge in [-0.25, -0.2) is 0 Å². The number of hydrogen-bond acceptors (Lipinski definition) is 2. The van der Waals surface area contributed by atoms with Gasteiger partial charge in [-0.1, -0.05) is 0 Å². The Labute approximate surface area is 93.5 Å². The molecule has 2 atom stereocenters. The molecule has 2 rings (SSSR count). The fourth-order valence-electron chi connectivity index (χ4n) is 1.55. The third-order valence-electron chi connectivity index (χ3n) is 2.61. The van der Waals surface area contributed by atoms with Gasteiger partial charge in [-0.3, -0.25) is 0 Å². The third-order valence-corrected chi connectivity index (χ3v) is 4.97. The summed E-state index contributed by atoms with van der Waals surface area (Å²) >= 11 is 13.9. The highest BCUT2D eigenvalue weighted by atomic mass is 35.5. The number of alkyl halides is 2. The van der Waals surface area contributed by atoms with E-state index in [-0.39, 0.29) is 0 Å². The second-order valence-corrected chi connectivity index (χ2v) is 6.71. The predicted molar refractivity (Wildman–Crippen MR) is 58.8 cm³/mol. The van der Waals surface area contributed by atoms with Gasteiger partial charge in [0.25, 0.3) is 0 Å². The lowest BCUT2D eigenvalue weighted by Gasteiger charge is -2.21. The van der Waals surface area contributed by atoms with E-state index in [0.29, 0.717) is 11.2 Å². The van der Waals surface area contributed by atoms with Gasteiger partial charge < -0.3 is 4.74 Å². The summed E-state index contributed by atoms with van der Waals surface area (Å²) in [4.78, 5) is 0. The average molecular weight is 241 g/mol. The van der Waals surface area contributed by atoms with Gasteiger partial charge in [0, 0.05) is 17.8 Å². The van der Waals surface area contributed by atoms with Crippen molar-refractivity contribution in [3.8, 4) is 0 Å². The van der Waals surface area contributed by atoms with Crippen LogP contribution in [0.5, 0.6) is 0 Å². The molecule has 0 aromatic carbocycles. The largest absolute Gasteiger partial charge is 0.380 e. The molecule has 0 aromatic rings. The van der Waals surface area contributed by atoms with Gasteiger partial charge in [-0.2, -0.15) is 11.8 Å². The normalized spacial score (nSPS) is 37.4. The average Bonchev–Trinajstić information content (AvgIpc) is 2.73. The van der Waals surface area contributed by atoms with Crippen LogP contribution in [0.3, 0.4) is 0 Å². The summed E-state index contributed by atoms with van der Waals surface area (Å²) in [5.74, 6) is 1.61. The molecule has 0 spiro atoms. The van der Waals surface area contributed by atoms with Crippen molar-refractivity contribution in [1.82, 2.24) is 0 Å². The standard InChI is InChI=1S/C9H14Cl2OS/c10-9(11)4-7(9)6-13-8-2-1-3-12-5-8/h7-8H,1-6H2. The minimum Gasteiger partial charge on any atom is -0.380 e. The van der Waals surface area contributed by atoms with Crippen LogP contribution in [0.25, 0.3) is 0 Å². The Hall–Kier alpha value is 0.890. The molecule has 0 N–H and O–H groups in total. The SMILES string of the molecule is ClC1(Cl)CC1CSC1CCCOC1. The molecule has 1 saturated carbocycles.